The van der Waals surface area contributed by atoms with E-state index in [1.165, 1.54) is 12.1 Å². The molecule has 48 heavy (non-hydrogen) atoms. The Morgan fingerprint density at radius 1 is 0.500 bits per heavy atom. The summed E-state index contributed by atoms with van der Waals surface area (Å²) in [6.45, 7) is 22.5. The fourth-order valence-electron chi connectivity index (χ4n) is 3.50. The number of benzene rings is 1. The van der Waals surface area contributed by atoms with Crippen LogP contribution in [0.5, 0.6) is 0 Å². The first-order valence-corrected chi connectivity index (χ1v) is 18.1. The number of aliphatic hydroxyl groups is 2. The highest BCUT2D eigenvalue weighted by atomic mass is 32.2. The summed E-state index contributed by atoms with van der Waals surface area (Å²) in [6, 6.07) is 5.99. The van der Waals surface area contributed by atoms with Crippen LogP contribution in [0.3, 0.4) is 0 Å². The predicted octanol–water partition coefficient (Wildman–Crippen LogP) is 3.84. The van der Waals surface area contributed by atoms with Gasteiger partial charge in [0.2, 0.25) is 0 Å². The normalized spacial score (nSPS) is 17.7. The van der Waals surface area contributed by atoms with Gasteiger partial charge in [-0.05, 0) is 81.4 Å². The molecule has 13 nitrogen and oxygen atoms in total. The Labute approximate surface area is 289 Å². The van der Waals surface area contributed by atoms with Gasteiger partial charge in [-0.2, -0.15) is 8.42 Å². The molecule has 0 aliphatic heterocycles. The Balaban J connectivity index is 0.00000168. The molecule has 0 amide bonds. The fourth-order valence-corrected chi connectivity index (χ4v) is 3.98. The molecule has 1 aromatic carbocycles. The van der Waals surface area contributed by atoms with Crippen LogP contribution in [-0.4, -0.2) is 138 Å². The van der Waals surface area contributed by atoms with Crippen LogP contribution in [-0.2, 0) is 48.0 Å². The maximum atomic E-state index is 10.5. The average molecular weight is 713 g/mol. The number of rotatable bonds is 26. The Bertz CT molecular complexity index is 1010. The molecule has 0 radical (unpaired) electrons. The molecule has 1 rings (SSSR count). The van der Waals surface area contributed by atoms with E-state index in [4.69, 9.17) is 47.6 Å². The minimum Gasteiger partial charge on any atom is -0.394 e. The van der Waals surface area contributed by atoms with Crippen molar-refractivity contribution in [3.05, 3.63) is 29.8 Å². The van der Waals surface area contributed by atoms with E-state index >= 15 is 0 Å². The molecule has 0 saturated carbocycles. The topological polar surface area (TPSA) is 169 Å². The third-order valence-corrected chi connectivity index (χ3v) is 7.37. The highest BCUT2D eigenvalue weighted by Gasteiger charge is 2.15. The first-order valence-electron chi connectivity index (χ1n) is 16.7. The monoisotopic (exact) mass is 712 g/mol. The van der Waals surface area contributed by atoms with Crippen LogP contribution in [0.1, 0.15) is 67.9 Å². The molecule has 0 fully saturated rings. The van der Waals surface area contributed by atoms with Crippen molar-refractivity contribution >= 4 is 10.1 Å². The molecule has 0 bridgehead atoms. The van der Waals surface area contributed by atoms with Gasteiger partial charge in [-0.25, -0.2) is 0 Å². The lowest BCUT2D eigenvalue weighted by Gasteiger charge is -2.23. The van der Waals surface area contributed by atoms with E-state index in [1.54, 1.807) is 19.1 Å². The molecule has 14 heteroatoms. The number of aliphatic hydroxyl groups excluding tert-OH is 2. The van der Waals surface area contributed by atoms with Crippen LogP contribution >= 0.6 is 0 Å². The fraction of sp³-hybridized carbons (Fsp3) is 0.824. The Hall–Kier alpha value is -1.27. The molecule has 0 heterocycles. The van der Waals surface area contributed by atoms with Crippen molar-refractivity contribution in [3.8, 4) is 0 Å². The summed E-state index contributed by atoms with van der Waals surface area (Å²) >= 11 is 0. The molecule has 1 aromatic rings. The molecule has 284 valence electrons. The Morgan fingerprint density at radius 3 is 0.979 bits per heavy atom. The summed E-state index contributed by atoms with van der Waals surface area (Å²) in [6.07, 6.45) is -1.18. The van der Waals surface area contributed by atoms with Crippen LogP contribution in [0, 0.1) is 6.92 Å². The molecule has 0 aliphatic carbocycles. The largest absolute Gasteiger partial charge is 0.394 e. The first-order chi connectivity index (χ1) is 22.4. The van der Waals surface area contributed by atoms with Gasteiger partial charge in [0.25, 0.3) is 10.1 Å². The lowest BCUT2D eigenvalue weighted by molar-refractivity contribution is -0.110. The Kier molecular flexibility index (Phi) is 25.8. The smallest absolute Gasteiger partial charge is 0.294 e. The van der Waals surface area contributed by atoms with E-state index in [2.05, 4.69) is 0 Å². The molecule has 0 aromatic heterocycles. The predicted molar refractivity (Wildman–Crippen MR) is 183 cm³/mol. The zero-order chi connectivity index (χ0) is 36.7. The van der Waals surface area contributed by atoms with Crippen molar-refractivity contribution < 1.29 is 61.1 Å². The molecule has 0 spiro atoms. The molecule has 3 N–H and O–H groups in total. The second-order valence-corrected chi connectivity index (χ2v) is 13.9. The third kappa shape index (κ3) is 26.6. The number of aryl methyl sites for hydroxylation is 1. The van der Waals surface area contributed by atoms with E-state index in [1.807, 2.05) is 62.3 Å². The lowest BCUT2D eigenvalue weighted by atomic mass is 10.2. The quantitative estimate of drug-likeness (QED) is 0.119. The van der Waals surface area contributed by atoms with Crippen molar-refractivity contribution in [2.75, 3.05) is 59.5 Å². The van der Waals surface area contributed by atoms with Crippen LogP contribution < -0.4 is 0 Å². The summed E-state index contributed by atoms with van der Waals surface area (Å²) in [5.74, 6) is 0. The molecular weight excluding hydrogens is 648 g/mol. The molecule has 9 unspecified atom stereocenters. The first kappa shape index (κ1) is 46.7. The standard InChI is InChI=1S/C27H56O10.C7H8O3S/c1-19(29)11-30-21(3)13-32-23(5)15-34-25(7)17-36-27(9)18-37-26(8)16-35-24(6)14-33-22(4)12-31-20(2)10-28;1-6-2-4-7(5-3-6)11(8,9)10/h19-29H,10-18H2,1-9H3;2-5H,1H3,(H,8,9,10). The van der Waals surface area contributed by atoms with Gasteiger partial charge < -0.3 is 48.1 Å². The van der Waals surface area contributed by atoms with Crippen molar-refractivity contribution in [2.45, 2.75) is 129 Å². The lowest BCUT2D eigenvalue weighted by Crippen LogP contribution is -2.30. The van der Waals surface area contributed by atoms with Crippen molar-refractivity contribution in [1.29, 1.82) is 0 Å². The van der Waals surface area contributed by atoms with Gasteiger partial charge in [-0.1, -0.05) is 17.7 Å². The van der Waals surface area contributed by atoms with Gasteiger partial charge in [0.05, 0.1) is 119 Å². The van der Waals surface area contributed by atoms with Gasteiger partial charge in [-0.3, -0.25) is 4.55 Å². The zero-order valence-electron chi connectivity index (χ0n) is 30.7. The molecule has 0 aliphatic rings. The SMILES string of the molecule is CC(O)COC(C)COC(C)COC(C)COC(C)COC(C)COC(C)COC(C)COC(C)CO.Cc1ccc(S(=O)(=O)O)cc1. The summed E-state index contributed by atoms with van der Waals surface area (Å²) in [5, 5.41) is 18.2. The zero-order valence-corrected chi connectivity index (χ0v) is 31.5. The minimum absolute atomic E-state index is 0.00142. The summed E-state index contributed by atoms with van der Waals surface area (Å²) < 4.78 is 75.3. The maximum absolute atomic E-state index is 10.5. The van der Waals surface area contributed by atoms with Crippen molar-refractivity contribution in [3.63, 3.8) is 0 Å². The highest BCUT2D eigenvalue weighted by Crippen LogP contribution is 2.09. The summed E-state index contributed by atoms with van der Waals surface area (Å²) in [4.78, 5) is -0.0666. The second-order valence-electron chi connectivity index (χ2n) is 12.5. The van der Waals surface area contributed by atoms with E-state index in [0.29, 0.717) is 52.9 Å². The summed E-state index contributed by atoms with van der Waals surface area (Å²) in [5.41, 5.74) is 0.956. The Morgan fingerprint density at radius 2 is 0.750 bits per heavy atom. The average Bonchev–Trinajstić information content (AvgIpc) is 3.03. The summed E-state index contributed by atoms with van der Waals surface area (Å²) in [7, 11) is -4.02. The van der Waals surface area contributed by atoms with E-state index in [0.717, 1.165) is 5.56 Å². The number of hydrogen-bond acceptors (Lipinski definition) is 12. The second kappa shape index (κ2) is 26.5. The van der Waals surface area contributed by atoms with E-state index in [9.17, 15) is 13.5 Å². The van der Waals surface area contributed by atoms with Gasteiger partial charge in [0, 0.05) is 0 Å². The van der Waals surface area contributed by atoms with Gasteiger partial charge in [0.1, 0.15) is 0 Å². The maximum Gasteiger partial charge on any atom is 0.294 e. The highest BCUT2D eigenvalue weighted by molar-refractivity contribution is 7.85. The van der Waals surface area contributed by atoms with Crippen molar-refractivity contribution in [2.24, 2.45) is 0 Å². The number of ether oxygens (including phenoxy) is 8. The van der Waals surface area contributed by atoms with Crippen LogP contribution in [0.2, 0.25) is 0 Å². The molecule has 9 atom stereocenters. The molecule has 0 saturated heterocycles. The third-order valence-electron chi connectivity index (χ3n) is 6.51. The van der Waals surface area contributed by atoms with Crippen LogP contribution in [0.25, 0.3) is 0 Å². The van der Waals surface area contributed by atoms with Gasteiger partial charge in [0.15, 0.2) is 0 Å². The van der Waals surface area contributed by atoms with E-state index in [-0.39, 0.29) is 60.3 Å². The van der Waals surface area contributed by atoms with Crippen LogP contribution in [0.4, 0.5) is 0 Å². The van der Waals surface area contributed by atoms with Crippen molar-refractivity contribution in [1.82, 2.24) is 0 Å². The van der Waals surface area contributed by atoms with Gasteiger partial charge in [-0.15, -0.1) is 0 Å². The molecular formula is C34H64O13S. The number of hydrogen-bond donors (Lipinski definition) is 3. The van der Waals surface area contributed by atoms with Crippen LogP contribution in [0.15, 0.2) is 29.2 Å². The minimum atomic E-state index is -4.02. The van der Waals surface area contributed by atoms with E-state index < -0.39 is 16.2 Å². The van der Waals surface area contributed by atoms with Gasteiger partial charge >= 0.3 is 0 Å².